The number of rotatable bonds is 2. The summed E-state index contributed by atoms with van der Waals surface area (Å²) in [4.78, 5) is 0. The van der Waals surface area contributed by atoms with E-state index < -0.39 is 0 Å². The van der Waals surface area contributed by atoms with E-state index in [9.17, 15) is 0 Å². The van der Waals surface area contributed by atoms with Gasteiger partial charge in [0, 0.05) is 31.9 Å². The summed E-state index contributed by atoms with van der Waals surface area (Å²) in [6, 6.07) is 3.99. The highest BCUT2D eigenvalue weighted by molar-refractivity contribution is 9.14. The summed E-state index contributed by atoms with van der Waals surface area (Å²) in [6.45, 7) is 0. The van der Waals surface area contributed by atoms with Crippen molar-refractivity contribution in [3.8, 4) is 11.5 Å². The maximum absolute atomic E-state index is 5.48. The van der Waals surface area contributed by atoms with Gasteiger partial charge in [0.15, 0.2) is 0 Å². The molecule has 90 valence electrons. The van der Waals surface area contributed by atoms with Gasteiger partial charge >= 0.3 is 0 Å². The van der Waals surface area contributed by atoms with Crippen LogP contribution in [0.1, 0.15) is 29.4 Å². The third-order valence-corrected chi connectivity index (χ3v) is 6.15. The second-order valence-corrected chi connectivity index (χ2v) is 6.04. The number of hydrogen-bond donors (Lipinski definition) is 0. The molecule has 3 rings (SSSR count). The highest BCUT2D eigenvalue weighted by atomic mass is 79.9. The van der Waals surface area contributed by atoms with Gasteiger partial charge in [-0.1, -0.05) is 31.9 Å². The summed E-state index contributed by atoms with van der Waals surface area (Å²) < 4.78 is 13.5. The van der Waals surface area contributed by atoms with Crippen molar-refractivity contribution in [2.75, 3.05) is 14.2 Å². The molecule has 2 aliphatic rings. The zero-order valence-electron chi connectivity index (χ0n) is 9.59. The van der Waals surface area contributed by atoms with Crippen LogP contribution in [0.25, 0.3) is 0 Å². The van der Waals surface area contributed by atoms with Crippen LogP contribution in [0.15, 0.2) is 21.1 Å². The first-order chi connectivity index (χ1) is 8.19. The molecule has 17 heavy (non-hydrogen) atoms. The third kappa shape index (κ3) is 1.43. The normalized spacial score (nSPS) is 25.2. The SMILES string of the molecule is COc1ccc(OC)c2c1[C@@H]1C[C@H]2C(Br)=C1Br. The van der Waals surface area contributed by atoms with Crippen LogP contribution in [-0.4, -0.2) is 14.2 Å². The van der Waals surface area contributed by atoms with E-state index in [-0.39, 0.29) is 0 Å². The molecule has 0 saturated carbocycles. The first kappa shape index (κ1) is 11.6. The van der Waals surface area contributed by atoms with Crippen molar-refractivity contribution in [3.63, 3.8) is 0 Å². The molecule has 0 fully saturated rings. The molecule has 2 bridgehead atoms. The number of fused-ring (bicyclic) bond motifs is 5. The number of halogens is 2. The lowest BCUT2D eigenvalue weighted by atomic mass is 9.95. The van der Waals surface area contributed by atoms with E-state index in [1.165, 1.54) is 20.1 Å². The Hall–Kier alpha value is -0.480. The molecule has 2 aliphatic carbocycles. The molecular weight excluding hydrogens is 348 g/mol. The average Bonchev–Trinajstić information content (AvgIpc) is 2.87. The molecule has 0 amide bonds. The fraction of sp³-hybridized carbons (Fsp3) is 0.385. The van der Waals surface area contributed by atoms with E-state index in [2.05, 4.69) is 31.9 Å². The van der Waals surface area contributed by atoms with Gasteiger partial charge in [0.25, 0.3) is 0 Å². The van der Waals surface area contributed by atoms with Gasteiger partial charge in [-0.05, 0) is 18.6 Å². The maximum atomic E-state index is 5.48. The van der Waals surface area contributed by atoms with Crippen molar-refractivity contribution in [3.05, 3.63) is 32.2 Å². The van der Waals surface area contributed by atoms with Crippen LogP contribution < -0.4 is 9.47 Å². The van der Waals surface area contributed by atoms with Crippen molar-refractivity contribution in [1.82, 2.24) is 0 Å². The summed E-state index contributed by atoms with van der Waals surface area (Å²) >= 11 is 7.35. The Morgan fingerprint density at radius 2 is 1.35 bits per heavy atom. The monoisotopic (exact) mass is 358 g/mol. The fourth-order valence-corrected chi connectivity index (χ4v) is 4.32. The molecule has 1 aromatic carbocycles. The quantitative estimate of drug-likeness (QED) is 0.784. The van der Waals surface area contributed by atoms with Gasteiger partial charge in [0.1, 0.15) is 11.5 Å². The molecule has 0 aromatic heterocycles. The second kappa shape index (κ2) is 4.02. The number of benzene rings is 1. The van der Waals surface area contributed by atoms with Gasteiger partial charge < -0.3 is 9.47 Å². The maximum Gasteiger partial charge on any atom is 0.123 e. The van der Waals surface area contributed by atoms with Crippen molar-refractivity contribution >= 4 is 31.9 Å². The van der Waals surface area contributed by atoms with Gasteiger partial charge in [0.05, 0.1) is 14.2 Å². The Morgan fingerprint density at radius 1 is 0.941 bits per heavy atom. The summed E-state index contributed by atoms with van der Waals surface area (Å²) in [5.41, 5.74) is 2.57. The smallest absolute Gasteiger partial charge is 0.123 e. The molecule has 0 unspecified atom stereocenters. The Morgan fingerprint density at radius 3 is 1.71 bits per heavy atom. The van der Waals surface area contributed by atoms with Crippen LogP contribution in [0, 0.1) is 0 Å². The van der Waals surface area contributed by atoms with Crippen molar-refractivity contribution in [1.29, 1.82) is 0 Å². The minimum atomic E-state index is 0.412. The summed E-state index contributed by atoms with van der Waals surface area (Å²) in [5.74, 6) is 2.75. The first-order valence-corrected chi connectivity index (χ1v) is 7.07. The van der Waals surface area contributed by atoms with E-state index in [1.807, 2.05) is 12.1 Å². The van der Waals surface area contributed by atoms with E-state index in [4.69, 9.17) is 9.47 Å². The molecule has 2 atom stereocenters. The fourth-order valence-electron chi connectivity index (χ4n) is 2.94. The van der Waals surface area contributed by atoms with E-state index >= 15 is 0 Å². The highest BCUT2D eigenvalue weighted by Crippen LogP contribution is 2.63. The van der Waals surface area contributed by atoms with E-state index in [0.717, 1.165) is 17.9 Å². The molecule has 0 radical (unpaired) electrons. The summed E-state index contributed by atoms with van der Waals surface area (Å²) in [7, 11) is 3.45. The third-order valence-electron chi connectivity index (χ3n) is 3.66. The van der Waals surface area contributed by atoms with E-state index in [0.29, 0.717) is 11.8 Å². The second-order valence-electron chi connectivity index (χ2n) is 4.33. The Labute approximate surface area is 117 Å². The van der Waals surface area contributed by atoms with Gasteiger partial charge in [-0.25, -0.2) is 0 Å². The minimum Gasteiger partial charge on any atom is -0.496 e. The van der Waals surface area contributed by atoms with Crippen molar-refractivity contribution in [2.45, 2.75) is 18.3 Å². The standard InChI is InChI=1S/C13H12Br2O2/c1-16-8-3-4-9(17-2)11-7-5-6(10(8)11)12(14)13(7)15/h3-4,6-7H,5H2,1-2H3/t6-,7+. The van der Waals surface area contributed by atoms with E-state index in [1.54, 1.807) is 14.2 Å². The molecule has 0 heterocycles. The predicted molar refractivity (Wildman–Crippen MR) is 74.5 cm³/mol. The zero-order chi connectivity index (χ0) is 12.2. The van der Waals surface area contributed by atoms with Crippen LogP contribution in [0.2, 0.25) is 0 Å². The first-order valence-electron chi connectivity index (χ1n) is 5.48. The highest BCUT2D eigenvalue weighted by Gasteiger charge is 2.45. The van der Waals surface area contributed by atoms with Crippen LogP contribution in [-0.2, 0) is 0 Å². The largest absolute Gasteiger partial charge is 0.496 e. The zero-order valence-corrected chi connectivity index (χ0v) is 12.8. The van der Waals surface area contributed by atoms with Gasteiger partial charge in [-0.3, -0.25) is 0 Å². The van der Waals surface area contributed by atoms with Crippen molar-refractivity contribution < 1.29 is 9.47 Å². The molecule has 2 nitrogen and oxygen atoms in total. The van der Waals surface area contributed by atoms with Crippen LogP contribution in [0.3, 0.4) is 0 Å². The number of hydrogen-bond acceptors (Lipinski definition) is 2. The predicted octanol–water partition coefficient (Wildman–Crippen LogP) is 4.29. The topological polar surface area (TPSA) is 18.5 Å². The average molecular weight is 360 g/mol. The Bertz CT molecular complexity index is 477. The van der Waals surface area contributed by atoms with Gasteiger partial charge in [-0.15, -0.1) is 0 Å². The molecule has 0 N–H and O–H groups in total. The molecule has 4 heteroatoms. The molecule has 0 spiro atoms. The molecule has 0 aliphatic heterocycles. The summed E-state index contributed by atoms with van der Waals surface area (Å²) in [6.07, 6.45) is 1.10. The Balaban J connectivity index is 2.25. The lowest BCUT2D eigenvalue weighted by Gasteiger charge is -2.21. The molecule has 0 saturated heterocycles. The van der Waals surface area contributed by atoms with Crippen LogP contribution >= 0.6 is 31.9 Å². The lowest BCUT2D eigenvalue weighted by molar-refractivity contribution is 0.396. The number of methoxy groups -OCH3 is 2. The molecule has 1 aromatic rings. The van der Waals surface area contributed by atoms with Gasteiger partial charge in [0.2, 0.25) is 0 Å². The number of ether oxygens (including phenoxy) is 2. The van der Waals surface area contributed by atoms with Crippen LogP contribution in [0.5, 0.6) is 11.5 Å². The molecular formula is C13H12Br2O2. The summed E-state index contributed by atoms with van der Waals surface area (Å²) in [5, 5.41) is 0. The Kier molecular flexibility index (Phi) is 2.75. The van der Waals surface area contributed by atoms with Gasteiger partial charge in [-0.2, -0.15) is 0 Å². The lowest BCUT2D eigenvalue weighted by Crippen LogP contribution is -2.04. The van der Waals surface area contributed by atoms with Crippen molar-refractivity contribution in [2.24, 2.45) is 0 Å². The minimum absolute atomic E-state index is 0.412. The van der Waals surface area contributed by atoms with Crippen LogP contribution in [0.4, 0.5) is 0 Å². The number of allylic oxidation sites excluding steroid dienone is 2.